The molecule has 0 spiro atoms. The van der Waals surface area contributed by atoms with Crippen LogP contribution in [0.5, 0.6) is 0 Å². The number of benzene rings is 1. The average molecular weight is 442 g/mol. The average Bonchev–Trinajstić information content (AvgIpc) is 2.79. The number of aromatic nitrogens is 5. The number of fused-ring (bicyclic) bond motifs is 1. The standard InChI is InChI=1S/C21H15FN10O/c1-10(28-18-15(8-24)17(25)30-21(26)31-18)19-29-16-11(7-23)5-12(22)6-14(16)20(33)32(19)13-3-2-4-27-9-13/h2-6,9-10H,1H3,(H5,25,26,28,30,31)/t10-/m0/s1. The molecular weight excluding hydrogens is 427 g/mol. The van der Waals surface area contributed by atoms with Crippen LogP contribution in [0, 0.1) is 28.5 Å². The SMILES string of the molecule is C[C@H](Nc1nc(N)nc(N)c1C#N)c1nc2c(C#N)cc(F)cc2c(=O)n1-c1cccnc1. The van der Waals surface area contributed by atoms with Crippen LogP contribution in [0.3, 0.4) is 0 Å². The maximum Gasteiger partial charge on any atom is 0.266 e. The molecule has 4 aromatic rings. The van der Waals surface area contributed by atoms with Crippen molar-refractivity contribution in [3.8, 4) is 17.8 Å². The van der Waals surface area contributed by atoms with Crippen molar-refractivity contribution >= 4 is 28.5 Å². The van der Waals surface area contributed by atoms with Crippen LogP contribution >= 0.6 is 0 Å². The minimum absolute atomic E-state index is 0.0353. The van der Waals surface area contributed by atoms with Gasteiger partial charge in [-0.3, -0.25) is 14.3 Å². The Morgan fingerprint density at radius 3 is 2.64 bits per heavy atom. The lowest BCUT2D eigenvalue weighted by molar-refractivity contribution is 0.628. The molecule has 0 bridgehead atoms. The number of nitrogens with zero attached hydrogens (tertiary/aromatic N) is 7. The van der Waals surface area contributed by atoms with Crippen LogP contribution in [0.1, 0.15) is 29.9 Å². The number of hydrogen-bond donors (Lipinski definition) is 3. The summed E-state index contributed by atoms with van der Waals surface area (Å²) in [5, 5.41) is 21.8. The van der Waals surface area contributed by atoms with Crippen molar-refractivity contribution in [2.24, 2.45) is 0 Å². The third kappa shape index (κ3) is 3.73. The molecule has 0 aliphatic rings. The Kier molecular flexibility index (Phi) is 5.26. The van der Waals surface area contributed by atoms with Gasteiger partial charge >= 0.3 is 0 Å². The molecule has 11 nitrogen and oxygen atoms in total. The highest BCUT2D eigenvalue weighted by atomic mass is 19.1. The fourth-order valence-corrected chi connectivity index (χ4v) is 3.36. The van der Waals surface area contributed by atoms with Crippen molar-refractivity contribution in [2.75, 3.05) is 16.8 Å². The number of rotatable bonds is 4. The molecular formula is C21H15FN10O. The molecule has 1 atom stereocenters. The van der Waals surface area contributed by atoms with Gasteiger partial charge in [-0.05, 0) is 31.2 Å². The second-order valence-electron chi connectivity index (χ2n) is 6.95. The molecule has 5 N–H and O–H groups in total. The summed E-state index contributed by atoms with van der Waals surface area (Å²) in [6.45, 7) is 1.66. The fraction of sp³-hybridized carbons (Fsp3) is 0.0952. The van der Waals surface area contributed by atoms with Gasteiger partial charge in [-0.25, -0.2) is 9.37 Å². The molecule has 0 aliphatic heterocycles. The molecule has 0 amide bonds. The second kappa shape index (κ2) is 8.20. The Labute approximate surface area is 185 Å². The molecule has 0 radical (unpaired) electrons. The number of nitrogens with two attached hydrogens (primary N) is 2. The van der Waals surface area contributed by atoms with Crippen molar-refractivity contribution in [3.63, 3.8) is 0 Å². The predicted molar refractivity (Wildman–Crippen MR) is 117 cm³/mol. The van der Waals surface area contributed by atoms with Crippen LogP contribution in [-0.2, 0) is 0 Å². The van der Waals surface area contributed by atoms with Crippen LogP contribution in [0.25, 0.3) is 16.6 Å². The first-order valence-electron chi connectivity index (χ1n) is 9.50. The first-order valence-corrected chi connectivity index (χ1v) is 9.50. The number of anilines is 3. The smallest absolute Gasteiger partial charge is 0.266 e. The van der Waals surface area contributed by atoms with Crippen molar-refractivity contribution < 1.29 is 4.39 Å². The van der Waals surface area contributed by atoms with Crippen LogP contribution in [0.15, 0.2) is 41.5 Å². The number of nitrogens with one attached hydrogen (secondary N) is 1. The summed E-state index contributed by atoms with van der Waals surface area (Å²) < 4.78 is 15.3. The molecule has 3 aromatic heterocycles. The Balaban J connectivity index is 1.99. The van der Waals surface area contributed by atoms with E-state index < -0.39 is 17.4 Å². The third-order valence-electron chi connectivity index (χ3n) is 4.79. The molecule has 162 valence electrons. The topological polar surface area (TPSA) is 185 Å². The van der Waals surface area contributed by atoms with Gasteiger partial charge in [0.1, 0.15) is 35.2 Å². The summed E-state index contributed by atoms with van der Waals surface area (Å²) in [6, 6.07) is 8.31. The summed E-state index contributed by atoms with van der Waals surface area (Å²) in [7, 11) is 0. The number of pyridine rings is 1. The highest BCUT2D eigenvalue weighted by Gasteiger charge is 2.22. The Hall–Kier alpha value is -5.10. The van der Waals surface area contributed by atoms with Crippen LogP contribution in [0.4, 0.5) is 22.0 Å². The third-order valence-corrected chi connectivity index (χ3v) is 4.79. The molecule has 0 fully saturated rings. The number of hydrogen-bond acceptors (Lipinski definition) is 10. The highest BCUT2D eigenvalue weighted by molar-refractivity contribution is 5.84. The molecule has 0 aliphatic carbocycles. The van der Waals surface area contributed by atoms with Crippen molar-refractivity contribution in [3.05, 3.63) is 69.8 Å². The van der Waals surface area contributed by atoms with Crippen LogP contribution in [-0.4, -0.2) is 24.5 Å². The van der Waals surface area contributed by atoms with E-state index >= 15 is 0 Å². The molecule has 4 rings (SSSR count). The minimum Gasteiger partial charge on any atom is -0.382 e. The van der Waals surface area contributed by atoms with Gasteiger partial charge in [0.05, 0.1) is 34.4 Å². The summed E-state index contributed by atoms with van der Waals surface area (Å²) in [6.07, 6.45) is 2.97. The Morgan fingerprint density at radius 1 is 1.18 bits per heavy atom. The summed E-state index contributed by atoms with van der Waals surface area (Å²) in [5.74, 6) is -0.803. The molecule has 12 heteroatoms. The maximum atomic E-state index is 14.1. The van der Waals surface area contributed by atoms with Crippen LogP contribution in [0.2, 0.25) is 0 Å². The number of nitrogen functional groups attached to an aromatic ring is 2. The second-order valence-corrected chi connectivity index (χ2v) is 6.95. The van der Waals surface area contributed by atoms with E-state index in [4.69, 9.17) is 11.5 Å². The Morgan fingerprint density at radius 2 is 1.97 bits per heavy atom. The lowest BCUT2D eigenvalue weighted by Gasteiger charge is -2.20. The molecule has 0 unspecified atom stereocenters. The lowest BCUT2D eigenvalue weighted by Crippen LogP contribution is -2.28. The number of halogens is 1. The maximum absolute atomic E-state index is 14.1. The van der Waals surface area contributed by atoms with Gasteiger partial charge in [0, 0.05) is 6.20 Å². The Bertz CT molecular complexity index is 1540. The van der Waals surface area contributed by atoms with E-state index in [1.165, 1.54) is 17.0 Å². The zero-order chi connectivity index (χ0) is 23.7. The van der Waals surface area contributed by atoms with Crippen molar-refractivity contribution in [1.82, 2.24) is 24.5 Å². The number of nitriles is 2. The fourth-order valence-electron chi connectivity index (χ4n) is 3.36. The zero-order valence-corrected chi connectivity index (χ0v) is 17.1. The van der Waals surface area contributed by atoms with Gasteiger partial charge in [-0.2, -0.15) is 20.5 Å². The minimum atomic E-state index is -0.750. The molecule has 0 saturated carbocycles. The molecule has 1 aromatic carbocycles. The predicted octanol–water partition coefficient (Wildman–Crippen LogP) is 1.79. The van der Waals surface area contributed by atoms with E-state index in [1.54, 1.807) is 19.1 Å². The normalized spacial score (nSPS) is 11.5. The van der Waals surface area contributed by atoms with E-state index in [2.05, 4.69) is 25.3 Å². The monoisotopic (exact) mass is 442 g/mol. The first-order chi connectivity index (χ1) is 15.8. The van der Waals surface area contributed by atoms with Crippen molar-refractivity contribution in [2.45, 2.75) is 13.0 Å². The van der Waals surface area contributed by atoms with E-state index in [0.29, 0.717) is 5.69 Å². The van der Waals surface area contributed by atoms with Gasteiger partial charge < -0.3 is 16.8 Å². The summed E-state index contributed by atoms with van der Waals surface area (Å²) in [4.78, 5) is 29.8. The van der Waals surface area contributed by atoms with Gasteiger partial charge in [0.2, 0.25) is 5.95 Å². The largest absolute Gasteiger partial charge is 0.382 e. The zero-order valence-electron chi connectivity index (χ0n) is 17.1. The summed E-state index contributed by atoms with van der Waals surface area (Å²) >= 11 is 0. The van der Waals surface area contributed by atoms with Gasteiger partial charge in [0.15, 0.2) is 5.82 Å². The van der Waals surface area contributed by atoms with Gasteiger partial charge in [0.25, 0.3) is 5.56 Å². The van der Waals surface area contributed by atoms with Crippen LogP contribution < -0.4 is 22.3 Å². The lowest BCUT2D eigenvalue weighted by atomic mass is 10.1. The van der Waals surface area contributed by atoms with Crippen molar-refractivity contribution in [1.29, 1.82) is 10.5 Å². The van der Waals surface area contributed by atoms with E-state index in [-0.39, 0.29) is 45.4 Å². The summed E-state index contributed by atoms with van der Waals surface area (Å²) in [5.41, 5.74) is 11.1. The molecule has 33 heavy (non-hydrogen) atoms. The first kappa shape index (κ1) is 21.1. The quantitative estimate of drug-likeness (QED) is 0.421. The van der Waals surface area contributed by atoms with Gasteiger partial charge in [-0.1, -0.05) is 0 Å². The van der Waals surface area contributed by atoms with E-state index in [0.717, 1.165) is 12.1 Å². The van der Waals surface area contributed by atoms with Gasteiger partial charge in [-0.15, -0.1) is 0 Å². The van der Waals surface area contributed by atoms with E-state index in [1.807, 2.05) is 12.1 Å². The molecule has 3 heterocycles. The highest BCUT2D eigenvalue weighted by Crippen LogP contribution is 2.26. The molecule has 0 saturated heterocycles. The van der Waals surface area contributed by atoms with E-state index in [9.17, 15) is 19.7 Å².